The smallest absolute Gasteiger partial charge is 0.277 e. The van der Waals surface area contributed by atoms with Gasteiger partial charge in [0.05, 0.1) is 5.69 Å². The molecule has 0 aromatic heterocycles. The molecule has 0 saturated carbocycles. The van der Waals surface area contributed by atoms with Crippen LogP contribution in [0.2, 0.25) is 5.02 Å². The molecule has 0 unspecified atom stereocenters. The van der Waals surface area contributed by atoms with Gasteiger partial charge in [0.15, 0.2) is 0 Å². The predicted molar refractivity (Wildman–Crippen MR) is 106 cm³/mol. The fraction of sp³-hybridized carbons (Fsp3) is 0.150. The molecule has 2 rings (SSSR count). The third-order valence-electron chi connectivity index (χ3n) is 3.76. The molecule has 2 aromatic carbocycles. The number of nitrogens with one attached hydrogen (secondary N) is 1. The highest BCUT2D eigenvalue weighted by Crippen LogP contribution is 2.19. The van der Waals surface area contributed by atoms with E-state index in [4.69, 9.17) is 17.3 Å². The highest BCUT2D eigenvalue weighted by Gasteiger charge is 2.23. The molecule has 2 amide bonds. The monoisotopic (exact) mass is 382 g/mol. The summed E-state index contributed by atoms with van der Waals surface area (Å²) < 4.78 is 0. The first-order valence-corrected chi connectivity index (χ1v) is 8.59. The number of halogens is 1. The second-order valence-corrected chi connectivity index (χ2v) is 6.12. The van der Waals surface area contributed by atoms with Crippen molar-refractivity contribution in [2.75, 3.05) is 17.2 Å². The highest BCUT2D eigenvalue weighted by molar-refractivity contribution is 6.31. The van der Waals surface area contributed by atoms with Crippen molar-refractivity contribution in [2.24, 2.45) is 0 Å². The molecule has 27 heavy (non-hydrogen) atoms. The van der Waals surface area contributed by atoms with Crippen molar-refractivity contribution in [3.8, 4) is 6.07 Å². The molecular formula is C20H19ClN4O2. The average Bonchev–Trinajstić information content (AvgIpc) is 2.64. The van der Waals surface area contributed by atoms with E-state index in [1.165, 1.54) is 13.1 Å². The molecule has 0 fully saturated rings. The topological polar surface area (TPSA) is 99.2 Å². The largest absolute Gasteiger partial charge is 0.399 e. The summed E-state index contributed by atoms with van der Waals surface area (Å²) in [5.41, 5.74) is 7.26. The van der Waals surface area contributed by atoms with Crippen LogP contribution in [0.1, 0.15) is 12.5 Å². The van der Waals surface area contributed by atoms with Crippen LogP contribution in [0.25, 0.3) is 0 Å². The number of nitriles is 1. The maximum absolute atomic E-state index is 12.6. The van der Waals surface area contributed by atoms with Gasteiger partial charge < -0.3 is 11.1 Å². The molecule has 0 aliphatic heterocycles. The Bertz CT molecular complexity index is 901. The van der Waals surface area contributed by atoms with E-state index in [1.54, 1.807) is 30.3 Å². The summed E-state index contributed by atoms with van der Waals surface area (Å²) in [5.74, 6) is -1.21. The second kappa shape index (κ2) is 9.41. The van der Waals surface area contributed by atoms with E-state index in [0.29, 0.717) is 29.4 Å². The zero-order valence-electron chi connectivity index (χ0n) is 14.8. The summed E-state index contributed by atoms with van der Waals surface area (Å²) in [6.45, 7) is 1.73. The van der Waals surface area contributed by atoms with Crippen molar-refractivity contribution in [1.29, 1.82) is 5.26 Å². The normalized spacial score (nSPS) is 10.8. The van der Waals surface area contributed by atoms with Crippen LogP contribution < -0.4 is 16.0 Å². The molecule has 6 nitrogen and oxygen atoms in total. The standard InChI is InChI=1S/C20H19ClN4O2/c1-14(26)25(18-8-6-17(23)7-9-18)20(27)16(12-22)13-24-11-10-15-4-2-3-5-19(15)21/h2-9,13,24H,10-11,23H2,1H3/b16-13-. The zero-order valence-corrected chi connectivity index (χ0v) is 15.5. The van der Waals surface area contributed by atoms with E-state index < -0.39 is 11.8 Å². The molecule has 0 bridgehead atoms. The van der Waals surface area contributed by atoms with Crippen molar-refractivity contribution < 1.29 is 9.59 Å². The molecule has 0 heterocycles. The van der Waals surface area contributed by atoms with Gasteiger partial charge in [-0.3, -0.25) is 9.59 Å². The minimum absolute atomic E-state index is 0.179. The zero-order chi connectivity index (χ0) is 19.8. The van der Waals surface area contributed by atoms with E-state index in [2.05, 4.69) is 5.32 Å². The Morgan fingerprint density at radius 1 is 1.22 bits per heavy atom. The second-order valence-electron chi connectivity index (χ2n) is 5.72. The van der Waals surface area contributed by atoms with Crippen LogP contribution in [0, 0.1) is 11.3 Å². The Hall–Kier alpha value is -3.30. The number of rotatable bonds is 6. The van der Waals surface area contributed by atoms with Crippen molar-refractivity contribution in [1.82, 2.24) is 5.32 Å². The fourth-order valence-corrected chi connectivity index (χ4v) is 2.64. The van der Waals surface area contributed by atoms with Crippen molar-refractivity contribution >= 4 is 34.8 Å². The lowest BCUT2D eigenvalue weighted by atomic mass is 10.1. The van der Waals surface area contributed by atoms with Crippen LogP contribution >= 0.6 is 11.6 Å². The van der Waals surface area contributed by atoms with Gasteiger partial charge in [0.2, 0.25) is 5.91 Å². The van der Waals surface area contributed by atoms with Gasteiger partial charge in [0.1, 0.15) is 11.6 Å². The summed E-state index contributed by atoms with van der Waals surface area (Å²) in [6, 6.07) is 15.5. The Labute approximate surface area is 162 Å². The summed E-state index contributed by atoms with van der Waals surface area (Å²) in [7, 11) is 0. The Balaban J connectivity index is 2.09. The maximum atomic E-state index is 12.6. The van der Waals surface area contributed by atoms with Gasteiger partial charge in [-0.1, -0.05) is 29.8 Å². The molecule has 138 valence electrons. The number of hydrogen-bond acceptors (Lipinski definition) is 5. The van der Waals surface area contributed by atoms with E-state index in [9.17, 15) is 14.9 Å². The van der Waals surface area contributed by atoms with Gasteiger partial charge in [-0.25, -0.2) is 4.90 Å². The fourth-order valence-electron chi connectivity index (χ4n) is 2.41. The molecular weight excluding hydrogens is 364 g/mol. The number of hydrogen-bond donors (Lipinski definition) is 2. The Morgan fingerprint density at radius 2 is 1.89 bits per heavy atom. The van der Waals surface area contributed by atoms with Crippen LogP contribution in [-0.2, 0) is 16.0 Å². The molecule has 2 aromatic rings. The Kier molecular flexibility index (Phi) is 6.98. The van der Waals surface area contributed by atoms with Gasteiger partial charge in [-0.05, 0) is 42.3 Å². The quantitative estimate of drug-likeness (QED) is 0.346. The summed E-state index contributed by atoms with van der Waals surface area (Å²) in [6.07, 6.45) is 1.93. The van der Waals surface area contributed by atoms with Crippen LogP contribution in [0.5, 0.6) is 0 Å². The molecule has 0 aliphatic carbocycles. The molecule has 3 N–H and O–H groups in total. The maximum Gasteiger partial charge on any atom is 0.277 e. The molecule has 0 spiro atoms. The Morgan fingerprint density at radius 3 is 2.48 bits per heavy atom. The third-order valence-corrected chi connectivity index (χ3v) is 4.13. The summed E-state index contributed by atoms with van der Waals surface area (Å²) in [5, 5.41) is 12.9. The van der Waals surface area contributed by atoms with Crippen LogP contribution in [0.4, 0.5) is 11.4 Å². The van der Waals surface area contributed by atoms with Crippen LogP contribution in [0.3, 0.4) is 0 Å². The predicted octanol–water partition coefficient (Wildman–Crippen LogP) is 3.04. The van der Waals surface area contributed by atoms with Crippen molar-refractivity contribution in [2.45, 2.75) is 13.3 Å². The van der Waals surface area contributed by atoms with Gasteiger partial charge in [-0.15, -0.1) is 0 Å². The van der Waals surface area contributed by atoms with Gasteiger partial charge in [0.25, 0.3) is 5.91 Å². The van der Waals surface area contributed by atoms with E-state index >= 15 is 0 Å². The molecule has 0 atom stereocenters. The van der Waals surface area contributed by atoms with Gasteiger partial charge in [0, 0.05) is 30.4 Å². The first kappa shape index (κ1) is 20.0. The molecule has 0 aliphatic rings. The lowest BCUT2D eigenvalue weighted by Crippen LogP contribution is -2.36. The number of carbonyl (C=O) groups is 2. The SMILES string of the molecule is CC(=O)N(C(=O)/C(C#N)=C\NCCc1ccccc1Cl)c1ccc(N)cc1. The van der Waals surface area contributed by atoms with Crippen LogP contribution in [-0.4, -0.2) is 18.4 Å². The van der Waals surface area contributed by atoms with Crippen molar-refractivity contribution in [3.63, 3.8) is 0 Å². The highest BCUT2D eigenvalue weighted by atomic mass is 35.5. The number of amides is 2. The molecule has 7 heteroatoms. The minimum Gasteiger partial charge on any atom is -0.399 e. The number of anilines is 2. The van der Waals surface area contributed by atoms with Crippen molar-refractivity contribution in [3.05, 3.63) is 70.9 Å². The lowest BCUT2D eigenvalue weighted by molar-refractivity contribution is -0.123. The van der Waals surface area contributed by atoms with Gasteiger partial charge in [-0.2, -0.15) is 5.26 Å². The number of nitrogens with two attached hydrogens (primary N) is 1. The van der Waals surface area contributed by atoms with E-state index in [-0.39, 0.29) is 5.57 Å². The summed E-state index contributed by atoms with van der Waals surface area (Å²) in [4.78, 5) is 25.5. The molecule has 0 saturated heterocycles. The average molecular weight is 383 g/mol. The number of carbonyl (C=O) groups excluding carboxylic acids is 2. The van der Waals surface area contributed by atoms with Gasteiger partial charge >= 0.3 is 0 Å². The first-order valence-electron chi connectivity index (χ1n) is 8.21. The third kappa shape index (κ3) is 5.33. The van der Waals surface area contributed by atoms with E-state index in [0.717, 1.165) is 10.5 Å². The van der Waals surface area contributed by atoms with Crippen LogP contribution in [0.15, 0.2) is 60.3 Å². The summed E-state index contributed by atoms with van der Waals surface area (Å²) >= 11 is 6.10. The lowest BCUT2D eigenvalue weighted by Gasteiger charge is -2.19. The number of benzene rings is 2. The number of imide groups is 1. The molecule has 0 radical (unpaired) electrons. The van der Waals surface area contributed by atoms with E-state index in [1.807, 2.05) is 24.3 Å². The minimum atomic E-state index is -0.708. The number of nitrogen functional groups attached to an aromatic ring is 1. The first-order chi connectivity index (χ1) is 12.9. The number of nitrogens with zero attached hydrogens (tertiary/aromatic N) is 2.